The topological polar surface area (TPSA) is 73.9 Å². The maximum absolute atomic E-state index is 12.7. The van der Waals surface area contributed by atoms with E-state index in [0.717, 1.165) is 42.5 Å². The first-order valence-electron chi connectivity index (χ1n) is 10.2. The molecule has 0 aromatic heterocycles. The van der Waals surface area contributed by atoms with Gasteiger partial charge in [-0.15, -0.1) is 0 Å². The lowest BCUT2D eigenvalue weighted by molar-refractivity contribution is -0.136. The van der Waals surface area contributed by atoms with Crippen molar-refractivity contribution < 1.29 is 14.3 Å². The van der Waals surface area contributed by atoms with Crippen LogP contribution in [-0.4, -0.2) is 56.7 Å². The second kappa shape index (κ2) is 9.41. The monoisotopic (exact) mass is 440 g/mol. The number of esters is 1. The van der Waals surface area contributed by atoms with Crippen molar-refractivity contribution in [3.63, 3.8) is 0 Å². The molecule has 1 saturated heterocycles. The number of benzene rings is 2. The van der Waals surface area contributed by atoms with E-state index in [9.17, 15) is 9.59 Å². The van der Waals surface area contributed by atoms with Gasteiger partial charge < -0.3 is 20.3 Å². The summed E-state index contributed by atoms with van der Waals surface area (Å²) < 4.78 is 5.05. The summed E-state index contributed by atoms with van der Waals surface area (Å²) in [5.41, 5.74) is 2.87. The maximum atomic E-state index is 12.7. The first-order chi connectivity index (χ1) is 15.1. The van der Waals surface area contributed by atoms with E-state index in [1.165, 1.54) is 7.11 Å². The second-order valence-corrected chi connectivity index (χ2v) is 7.95. The van der Waals surface area contributed by atoms with E-state index in [4.69, 9.17) is 16.3 Å². The quantitative estimate of drug-likeness (QED) is 0.699. The molecule has 2 aliphatic rings. The van der Waals surface area contributed by atoms with Crippen molar-refractivity contribution in [1.29, 1.82) is 0 Å². The molecule has 162 valence electrons. The van der Waals surface area contributed by atoms with Crippen LogP contribution >= 0.6 is 11.6 Å². The summed E-state index contributed by atoms with van der Waals surface area (Å²) >= 11 is 6.34. The van der Waals surface area contributed by atoms with Crippen LogP contribution in [-0.2, 0) is 9.53 Å². The lowest BCUT2D eigenvalue weighted by atomic mass is 9.95. The van der Waals surface area contributed by atoms with Gasteiger partial charge in [-0.05, 0) is 17.7 Å². The Morgan fingerprint density at radius 2 is 1.74 bits per heavy atom. The third kappa shape index (κ3) is 4.68. The molecule has 7 nitrogen and oxygen atoms in total. The van der Waals surface area contributed by atoms with Gasteiger partial charge in [0, 0.05) is 38.4 Å². The van der Waals surface area contributed by atoms with Crippen LogP contribution in [0.2, 0.25) is 5.02 Å². The van der Waals surface area contributed by atoms with Gasteiger partial charge in [0.25, 0.3) is 0 Å². The van der Waals surface area contributed by atoms with Gasteiger partial charge in [0.1, 0.15) is 0 Å². The number of amides is 2. The number of ether oxygens (including phenoxy) is 1. The molecular formula is C23H25ClN4O3. The van der Waals surface area contributed by atoms with Crippen LogP contribution in [0.4, 0.5) is 10.5 Å². The minimum Gasteiger partial charge on any atom is -0.466 e. The third-order valence-corrected chi connectivity index (χ3v) is 5.96. The number of para-hydroxylation sites is 1. The molecule has 0 saturated carbocycles. The summed E-state index contributed by atoms with van der Waals surface area (Å²) in [6, 6.07) is 16.4. The molecule has 1 atom stereocenters. The molecule has 1 fully saturated rings. The van der Waals surface area contributed by atoms with E-state index in [-0.39, 0.29) is 6.03 Å². The van der Waals surface area contributed by atoms with Gasteiger partial charge in [-0.3, -0.25) is 4.90 Å². The van der Waals surface area contributed by atoms with Crippen LogP contribution in [0.1, 0.15) is 11.6 Å². The fourth-order valence-electron chi connectivity index (χ4n) is 4.07. The minimum atomic E-state index is -0.554. The SMILES string of the molecule is COC(=O)C1=C(CN2CCN(c3ccccc3Cl)CC2)NC(=O)N[C@@H]1c1ccccc1. The molecule has 0 bridgehead atoms. The molecule has 2 aliphatic heterocycles. The van der Waals surface area contributed by atoms with Crippen LogP contribution in [0, 0.1) is 0 Å². The Hall–Kier alpha value is -3.03. The van der Waals surface area contributed by atoms with Gasteiger partial charge in [-0.25, -0.2) is 9.59 Å². The third-order valence-electron chi connectivity index (χ3n) is 5.64. The molecule has 4 rings (SSSR count). The van der Waals surface area contributed by atoms with Crippen molar-refractivity contribution in [2.24, 2.45) is 0 Å². The average Bonchev–Trinajstić information content (AvgIpc) is 2.80. The zero-order valence-electron chi connectivity index (χ0n) is 17.3. The number of carbonyl (C=O) groups is 2. The Kier molecular flexibility index (Phi) is 6.44. The lowest BCUT2D eigenvalue weighted by Crippen LogP contribution is -2.51. The smallest absolute Gasteiger partial charge is 0.338 e. The molecule has 2 aromatic carbocycles. The zero-order chi connectivity index (χ0) is 21.8. The Bertz CT molecular complexity index is 987. The number of methoxy groups -OCH3 is 1. The van der Waals surface area contributed by atoms with E-state index in [0.29, 0.717) is 17.8 Å². The van der Waals surface area contributed by atoms with Crippen LogP contribution in [0.3, 0.4) is 0 Å². The van der Waals surface area contributed by atoms with Gasteiger partial charge in [0.05, 0.1) is 29.4 Å². The second-order valence-electron chi connectivity index (χ2n) is 7.54. The molecule has 2 N–H and O–H groups in total. The molecule has 31 heavy (non-hydrogen) atoms. The van der Waals surface area contributed by atoms with Gasteiger partial charge in [0.15, 0.2) is 0 Å². The highest BCUT2D eigenvalue weighted by Crippen LogP contribution is 2.29. The summed E-state index contributed by atoms with van der Waals surface area (Å²) in [5.74, 6) is -0.453. The number of hydrogen-bond acceptors (Lipinski definition) is 5. The largest absolute Gasteiger partial charge is 0.466 e. The number of urea groups is 1. The molecule has 0 radical (unpaired) electrons. The summed E-state index contributed by atoms with van der Waals surface area (Å²) in [4.78, 5) is 29.5. The molecule has 0 unspecified atom stereocenters. The standard InChI is InChI=1S/C23H25ClN4O3/c1-31-22(29)20-18(25-23(30)26-21(20)16-7-3-2-4-8-16)15-27-11-13-28(14-12-27)19-10-6-5-9-17(19)24/h2-10,21H,11-15H2,1H3,(H2,25,26,30)/t21-/m1/s1. The number of nitrogens with one attached hydrogen (secondary N) is 2. The predicted molar refractivity (Wildman–Crippen MR) is 120 cm³/mol. The van der Waals surface area contributed by atoms with Crippen LogP contribution in [0.5, 0.6) is 0 Å². The van der Waals surface area contributed by atoms with Crippen LogP contribution in [0.25, 0.3) is 0 Å². The van der Waals surface area contributed by atoms with Crippen molar-refractivity contribution in [3.8, 4) is 0 Å². The summed E-state index contributed by atoms with van der Waals surface area (Å²) in [7, 11) is 1.35. The number of anilines is 1. The Morgan fingerprint density at radius 1 is 1.06 bits per heavy atom. The number of piperazine rings is 1. The van der Waals surface area contributed by atoms with Crippen molar-refractivity contribution in [2.45, 2.75) is 6.04 Å². The normalized spacial score (nSPS) is 19.6. The molecule has 0 spiro atoms. The molecule has 8 heteroatoms. The average molecular weight is 441 g/mol. The van der Waals surface area contributed by atoms with Gasteiger partial charge in [-0.1, -0.05) is 54.1 Å². The van der Waals surface area contributed by atoms with Crippen molar-refractivity contribution in [1.82, 2.24) is 15.5 Å². The number of hydrogen-bond donors (Lipinski definition) is 2. The predicted octanol–water partition coefficient (Wildman–Crippen LogP) is 2.94. The van der Waals surface area contributed by atoms with Crippen molar-refractivity contribution >= 4 is 29.3 Å². The maximum Gasteiger partial charge on any atom is 0.338 e. The van der Waals surface area contributed by atoms with Gasteiger partial charge in [0.2, 0.25) is 0 Å². The lowest BCUT2D eigenvalue weighted by Gasteiger charge is -2.38. The number of nitrogens with zero attached hydrogens (tertiary/aromatic N) is 2. The first kappa shape index (κ1) is 21.2. The highest BCUT2D eigenvalue weighted by atomic mass is 35.5. The van der Waals surface area contributed by atoms with Crippen LogP contribution < -0.4 is 15.5 Å². The van der Waals surface area contributed by atoms with E-state index < -0.39 is 12.0 Å². The summed E-state index contributed by atoms with van der Waals surface area (Å²) in [6.07, 6.45) is 0. The Labute approximate surface area is 186 Å². The Morgan fingerprint density at radius 3 is 2.42 bits per heavy atom. The van der Waals surface area contributed by atoms with E-state index in [1.807, 2.05) is 54.6 Å². The number of carbonyl (C=O) groups excluding carboxylic acids is 2. The van der Waals surface area contributed by atoms with Crippen molar-refractivity contribution in [2.75, 3.05) is 44.7 Å². The van der Waals surface area contributed by atoms with E-state index in [1.54, 1.807) is 0 Å². The number of halogens is 1. The van der Waals surface area contributed by atoms with Crippen LogP contribution in [0.15, 0.2) is 65.9 Å². The molecule has 2 aromatic rings. The van der Waals surface area contributed by atoms with Gasteiger partial charge in [-0.2, -0.15) is 0 Å². The summed E-state index contributed by atoms with van der Waals surface area (Å²) in [5, 5.41) is 6.42. The molecule has 0 aliphatic carbocycles. The number of rotatable bonds is 5. The molecule has 2 heterocycles. The fraction of sp³-hybridized carbons (Fsp3) is 0.304. The van der Waals surface area contributed by atoms with Crippen molar-refractivity contribution in [3.05, 3.63) is 76.5 Å². The highest BCUT2D eigenvalue weighted by Gasteiger charge is 2.34. The fourth-order valence-corrected chi connectivity index (χ4v) is 4.32. The van der Waals surface area contributed by atoms with E-state index >= 15 is 0 Å². The summed E-state index contributed by atoms with van der Waals surface area (Å²) in [6.45, 7) is 3.63. The Balaban J connectivity index is 1.54. The molecule has 2 amide bonds. The minimum absolute atomic E-state index is 0.328. The van der Waals surface area contributed by atoms with Gasteiger partial charge >= 0.3 is 12.0 Å². The first-order valence-corrected chi connectivity index (χ1v) is 10.6. The van der Waals surface area contributed by atoms with E-state index in [2.05, 4.69) is 20.4 Å². The zero-order valence-corrected chi connectivity index (χ0v) is 18.1. The highest BCUT2D eigenvalue weighted by molar-refractivity contribution is 6.33. The molecular weight excluding hydrogens is 416 g/mol.